The zero-order valence-corrected chi connectivity index (χ0v) is 12.2. The minimum Gasteiger partial charge on any atom is -0.306 e. The molecule has 1 heterocycles. The van der Waals surface area contributed by atoms with E-state index in [1.165, 1.54) is 6.07 Å². The molecule has 0 unspecified atom stereocenters. The van der Waals surface area contributed by atoms with Crippen molar-refractivity contribution in [1.29, 1.82) is 0 Å². The lowest BCUT2D eigenvalue weighted by molar-refractivity contribution is 0.618. The van der Waals surface area contributed by atoms with Gasteiger partial charge in [0.2, 0.25) is 0 Å². The zero-order chi connectivity index (χ0) is 13.3. The van der Waals surface area contributed by atoms with Crippen molar-refractivity contribution in [2.24, 2.45) is 0 Å². The van der Waals surface area contributed by atoms with Crippen LogP contribution in [0.25, 0.3) is 11.4 Å². The summed E-state index contributed by atoms with van der Waals surface area (Å²) in [4.78, 5) is 18.9. The normalized spacial score (nSPS) is 10.7. The fourth-order valence-electron chi connectivity index (χ4n) is 1.67. The molecular weight excluding hydrogens is 346 g/mol. The lowest BCUT2D eigenvalue weighted by Crippen LogP contribution is -2.16. The van der Waals surface area contributed by atoms with E-state index in [1.54, 1.807) is 19.1 Å². The molecule has 0 bridgehead atoms. The zero-order valence-electron chi connectivity index (χ0n) is 10.1. The third-order valence-electron chi connectivity index (χ3n) is 2.70. The molecule has 0 aliphatic rings. The quantitative estimate of drug-likeness (QED) is 0.839. The van der Waals surface area contributed by atoms with Crippen LogP contribution in [0.4, 0.5) is 4.39 Å². The molecule has 0 saturated heterocycles. The second kappa shape index (κ2) is 5.17. The van der Waals surface area contributed by atoms with Crippen LogP contribution in [0.5, 0.6) is 0 Å². The molecule has 0 atom stereocenters. The highest BCUT2D eigenvalue weighted by Gasteiger charge is 2.09. The van der Waals surface area contributed by atoms with Crippen molar-refractivity contribution < 1.29 is 4.39 Å². The molecule has 0 amide bonds. The van der Waals surface area contributed by atoms with Crippen LogP contribution in [0.3, 0.4) is 0 Å². The molecule has 0 radical (unpaired) electrons. The van der Waals surface area contributed by atoms with Crippen LogP contribution < -0.4 is 5.56 Å². The van der Waals surface area contributed by atoms with Crippen LogP contribution in [0.15, 0.2) is 23.0 Å². The first-order valence-corrected chi connectivity index (χ1v) is 6.66. The number of nitrogens with one attached hydrogen (secondary N) is 1. The Balaban J connectivity index is 2.60. The number of hydrogen-bond acceptors (Lipinski definition) is 2. The average molecular weight is 358 g/mol. The molecule has 0 spiro atoms. The number of halogens is 2. The number of benzene rings is 1. The maximum atomic E-state index is 13.2. The predicted octanol–water partition coefficient (Wildman–Crippen LogP) is 3.05. The van der Waals surface area contributed by atoms with Gasteiger partial charge in [0.05, 0.1) is 9.26 Å². The SMILES string of the molecule is CCc1nc(-c2ccc(F)c(C)c2)[nH]c(=O)c1I. The minimum absolute atomic E-state index is 0.153. The highest BCUT2D eigenvalue weighted by molar-refractivity contribution is 14.1. The largest absolute Gasteiger partial charge is 0.306 e. The molecule has 1 aromatic heterocycles. The second-order valence-electron chi connectivity index (χ2n) is 3.99. The van der Waals surface area contributed by atoms with Gasteiger partial charge in [0.25, 0.3) is 5.56 Å². The Morgan fingerprint density at radius 2 is 2.17 bits per heavy atom. The molecule has 2 rings (SSSR count). The van der Waals surface area contributed by atoms with Gasteiger partial charge >= 0.3 is 0 Å². The van der Waals surface area contributed by atoms with Gasteiger partial charge in [0.1, 0.15) is 11.6 Å². The molecule has 5 heteroatoms. The third kappa shape index (κ3) is 2.45. The van der Waals surface area contributed by atoms with E-state index in [4.69, 9.17) is 0 Å². The molecule has 0 saturated carbocycles. The van der Waals surface area contributed by atoms with E-state index < -0.39 is 0 Å². The van der Waals surface area contributed by atoms with Crippen molar-refractivity contribution in [2.45, 2.75) is 20.3 Å². The third-order valence-corrected chi connectivity index (χ3v) is 3.81. The topological polar surface area (TPSA) is 45.8 Å². The second-order valence-corrected chi connectivity index (χ2v) is 5.07. The summed E-state index contributed by atoms with van der Waals surface area (Å²) < 4.78 is 13.8. The summed E-state index contributed by atoms with van der Waals surface area (Å²) in [7, 11) is 0. The maximum Gasteiger partial charge on any atom is 0.264 e. The van der Waals surface area contributed by atoms with Gasteiger partial charge in [0, 0.05) is 5.56 Å². The molecule has 1 aromatic carbocycles. The van der Waals surface area contributed by atoms with Gasteiger partial charge in [-0.1, -0.05) is 6.92 Å². The van der Waals surface area contributed by atoms with Crippen molar-refractivity contribution in [3.63, 3.8) is 0 Å². The Morgan fingerprint density at radius 3 is 2.78 bits per heavy atom. The van der Waals surface area contributed by atoms with Crippen LogP contribution >= 0.6 is 22.6 Å². The molecule has 0 aliphatic carbocycles. The van der Waals surface area contributed by atoms with Crippen molar-refractivity contribution in [2.75, 3.05) is 0 Å². The van der Waals surface area contributed by atoms with E-state index in [9.17, 15) is 9.18 Å². The van der Waals surface area contributed by atoms with Gasteiger partial charge < -0.3 is 4.98 Å². The summed E-state index contributed by atoms with van der Waals surface area (Å²) in [5.74, 6) is 0.225. The van der Waals surface area contributed by atoms with Crippen molar-refractivity contribution in [3.05, 3.63) is 49.2 Å². The Morgan fingerprint density at radius 1 is 1.44 bits per heavy atom. The average Bonchev–Trinajstić information content (AvgIpc) is 2.36. The van der Waals surface area contributed by atoms with E-state index in [-0.39, 0.29) is 11.4 Å². The van der Waals surface area contributed by atoms with Gasteiger partial charge in [-0.3, -0.25) is 4.79 Å². The number of hydrogen-bond donors (Lipinski definition) is 1. The summed E-state index contributed by atoms with van der Waals surface area (Å²) in [5, 5.41) is 0. The molecule has 3 nitrogen and oxygen atoms in total. The Labute approximate surface area is 118 Å². The molecule has 0 aliphatic heterocycles. The van der Waals surface area contributed by atoms with Gasteiger partial charge in [-0.2, -0.15) is 0 Å². The fourth-order valence-corrected chi connectivity index (χ4v) is 2.31. The van der Waals surface area contributed by atoms with E-state index in [2.05, 4.69) is 9.97 Å². The predicted molar refractivity (Wildman–Crippen MR) is 77.1 cm³/mol. The highest BCUT2D eigenvalue weighted by atomic mass is 127. The minimum atomic E-state index is -0.262. The summed E-state index contributed by atoms with van der Waals surface area (Å²) >= 11 is 1.99. The Bertz CT molecular complexity index is 652. The monoisotopic (exact) mass is 358 g/mol. The summed E-state index contributed by atoms with van der Waals surface area (Å²) in [6.45, 7) is 3.63. The first-order valence-electron chi connectivity index (χ1n) is 5.58. The Kier molecular flexibility index (Phi) is 3.79. The smallest absolute Gasteiger partial charge is 0.264 e. The molecule has 94 valence electrons. The standard InChI is InChI=1S/C13H12FIN2O/c1-3-10-11(15)13(18)17-12(16-10)8-4-5-9(14)7(2)6-8/h4-6H,3H2,1-2H3,(H,16,17,18). The summed E-state index contributed by atoms with van der Waals surface area (Å²) in [6.07, 6.45) is 0.690. The van der Waals surface area contributed by atoms with Crippen molar-refractivity contribution in [3.8, 4) is 11.4 Å². The number of H-pyrrole nitrogens is 1. The van der Waals surface area contributed by atoms with Crippen LogP contribution in [0, 0.1) is 16.3 Å². The highest BCUT2D eigenvalue weighted by Crippen LogP contribution is 2.18. The molecule has 1 N–H and O–H groups in total. The van der Waals surface area contributed by atoms with Gasteiger partial charge in [-0.05, 0) is 59.7 Å². The molecule has 18 heavy (non-hydrogen) atoms. The lowest BCUT2D eigenvalue weighted by Gasteiger charge is -2.06. The van der Waals surface area contributed by atoms with Crippen LogP contribution in [0.1, 0.15) is 18.2 Å². The Hall–Kier alpha value is -1.24. The van der Waals surface area contributed by atoms with E-state index in [0.717, 1.165) is 11.3 Å². The number of aryl methyl sites for hydroxylation is 2. The van der Waals surface area contributed by atoms with Gasteiger partial charge in [-0.15, -0.1) is 0 Å². The molecule has 2 aromatic rings. The first kappa shape index (κ1) is 13.2. The number of rotatable bonds is 2. The van der Waals surface area contributed by atoms with Crippen LogP contribution in [-0.2, 0) is 6.42 Å². The lowest BCUT2D eigenvalue weighted by atomic mass is 10.1. The summed E-state index contributed by atoms with van der Waals surface area (Å²) in [5.41, 5.74) is 1.86. The fraction of sp³-hybridized carbons (Fsp3) is 0.231. The first-order chi connectivity index (χ1) is 8.52. The van der Waals surface area contributed by atoms with Gasteiger partial charge in [0.15, 0.2) is 0 Å². The number of aromatic amines is 1. The van der Waals surface area contributed by atoms with Gasteiger partial charge in [-0.25, -0.2) is 9.37 Å². The van der Waals surface area contributed by atoms with Crippen molar-refractivity contribution in [1.82, 2.24) is 9.97 Å². The van der Waals surface area contributed by atoms with Crippen molar-refractivity contribution >= 4 is 22.6 Å². The van der Waals surface area contributed by atoms with Crippen LogP contribution in [0.2, 0.25) is 0 Å². The molecular formula is C13H12FIN2O. The van der Waals surface area contributed by atoms with Crippen LogP contribution in [-0.4, -0.2) is 9.97 Å². The van der Waals surface area contributed by atoms with E-state index in [0.29, 0.717) is 21.4 Å². The number of aromatic nitrogens is 2. The summed E-state index contributed by atoms with van der Waals surface area (Å²) in [6, 6.07) is 4.68. The maximum absolute atomic E-state index is 13.2. The van der Waals surface area contributed by atoms with E-state index in [1.807, 2.05) is 29.5 Å². The van der Waals surface area contributed by atoms with E-state index >= 15 is 0 Å². The number of nitrogens with zero attached hydrogens (tertiary/aromatic N) is 1. The molecule has 0 fully saturated rings.